The second kappa shape index (κ2) is 2.94. The van der Waals surface area contributed by atoms with Crippen molar-refractivity contribution in [1.82, 2.24) is 4.90 Å². The molecule has 5 nitrogen and oxygen atoms in total. The molecule has 0 aromatic heterocycles. The minimum Gasteiger partial charge on any atom is -0.388 e. The predicted molar refractivity (Wildman–Crippen MR) is 42.8 cm³/mol. The van der Waals surface area contributed by atoms with Crippen molar-refractivity contribution < 1.29 is 20.1 Å². The van der Waals surface area contributed by atoms with Crippen LogP contribution in [0.4, 0.5) is 0 Å². The minimum absolute atomic E-state index is 0.0463. The average Bonchev–Trinajstić information content (AvgIpc) is 2.45. The van der Waals surface area contributed by atoms with Gasteiger partial charge < -0.3 is 20.2 Å². The number of hydrogen-bond donors (Lipinski definition) is 3. The summed E-state index contributed by atoms with van der Waals surface area (Å²) < 4.78 is 0. The van der Waals surface area contributed by atoms with Crippen LogP contribution in [0.15, 0.2) is 0 Å². The van der Waals surface area contributed by atoms with Gasteiger partial charge in [0.05, 0.1) is 6.04 Å². The molecule has 0 saturated carbocycles. The molecule has 1 amide bonds. The second-order valence-corrected chi connectivity index (χ2v) is 3.70. The summed E-state index contributed by atoms with van der Waals surface area (Å²) in [7, 11) is 0. The Hall–Kier alpha value is -0.650. The molecule has 0 aromatic carbocycles. The number of rotatable bonds is 0. The van der Waals surface area contributed by atoms with Gasteiger partial charge in [0, 0.05) is 13.0 Å². The van der Waals surface area contributed by atoms with E-state index in [2.05, 4.69) is 0 Å². The number of hydrogen-bond acceptors (Lipinski definition) is 4. The minimum atomic E-state index is -1.12. The molecular weight excluding hydrogens is 174 g/mol. The van der Waals surface area contributed by atoms with Crippen LogP contribution in [-0.2, 0) is 4.79 Å². The van der Waals surface area contributed by atoms with E-state index in [9.17, 15) is 20.1 Å². The molecule has 0 aromatic rings. The third-order valence-corrected chi connectivity index (χ3v) is 2.90. The zero-order chi connectivity index (χ0) is 9.59. The van der Waals surface area contributed by atoms with Gasteiger partial charge in [-0.1, -0.05) is 0 Å². The molecule has 0 aliphatic carbocycles. The van der Waals surface area contributed by atoms with Crippen LogP contribution in [0.5, 0.6) is 0 Å². The molecule has 0 spiro atoms. The maximum Gasteiger partial charge on any atom is 0.223 e. The van der Waals surface area contributed by atoms with Crippen molar-refractivity contribution in [3.63, 3.8) is 0 Å². The van der Waals surface area contributed by atoms with Crippen LogP contribution in [0.25, 0.3) is 0 Å². The van der Waals surface area contributed by atoms with Crippen molar-refractivity contribution in [2.24, 2.45) is 0 Å². The Balaban J connectivity index is 2.18. The summed E-state index contributed by atoms with van der Waals surface area (Å²) in [5.74, 6) is -0.0463. The predicted octanol–water partition coefficient (Wildman–Crippen LogP) is -1.93. The summed E-state index contributed by atoms with van der Waals surface area (Å²) >= 11 is 0. The van der Waals surface area contributed by atoms with E-state index in [0.29, 0.717) is 12.8 Å². The molecule has 0 unspecified atom stereocenters. The van der Waals surface area contributed by atoms with Crippen LogP contribution in [0.1, 0.15) is 12.8 Å². The quantitative estimate of drug-likeness (QED) is 0.412. The maximum absolute atomic E-state index is 11.2. The lowest BCUT2D eigenvalue weighted by Crippen LogP contribution is -2.59. The van der Waals surface area contributed by atoms with Crippen molar-refractivity contribution in [2.45, 2.75) is 37.2 Å². The molecule has 74 valence electrons. The first-order valence-electron chi connectivity index (χ1n) is 4.45. The van der Waals surface area contributed by atoms with Crippen molar-refractivity contribution in [3.05, 3.63) is 0 Å². The highest BCUT2D eigenvalue weighted by Crippen LogP contribution is 2.28. The number of nitrogens with zero attached hydrogens (tertiary/aromatic N) is 1. The van der Waals surface area contributed by atoms with Crippen molar-refractivity contribution in [1.29, 1.82) is 0 Å². The van der Waals surface area contributed by atoms with Crippen molar-refractivity contribution in [3.8, 4) is 0 Å². The third-order valence-electron chi connectivity index (χ3n) is 2.90. The van der Waals surface area contributed by atoms with Crippen LogP contribution in [0.3, 0.4) is 0 Å². The molecule has 2 aliphatic heterocycles. The lowest BCUT2D eigenvalue weighted by atomic mass is 9.94. The SMILES string of the molecule is O=C1CC[C@@H]2[C@H](O)[C@@H](O)[C@@H](O)CN12. The zero-order valence-corrected chi connectivity index (χ0v) is 7.13. The lowest BCUT2D eigenvalue weighted by molar-refractivity contribution is -0.151. The fraction of sp³-hybridized carbons (Fsp3) is 0.875. The van der Waals surface area contributed by atoms with Gasteiger partial charge in [0.2, 0.25) is 5.91 Å². The van der Waals surface area contributed by atoms with Crippen LogP contribution < -0.4 is 0 Å². The number of carbonyl (C=O) groups excluding carboxylic acids is 1. The summed E-state index contributed by atoms with van der Waals surface area (Å²) in [6, 6.07) is -0.300. The third kappa shape index (κ3) is 1.23. The number of aliphatic hydroxyl groups is 3. The Bertz CT molecular complexity index is 232. The van der Waals surface area contributed by atoms with Crippen LogP contribution in [0.2, 0.25) is 0 Å². The molecule has 2 fully saturated rings. The van der Waals surface area contributed by atoms with E-state index in [4.69, 9.17) is 0 Å². The van der Waals surface area contributed by atoms with Gasteiger partial charge in [-0.2, -0.15) is 0 Å². The van der Waals surface area contributed by atoms with Gasteiger partial charge in [-0.05, 0) is 6.42 Å². The van der Waals surface area contributed by atoms with E-state index in [1.165, 1.54) is 4.90 Å². The molecule has 13 heavy (non-hydrogen) atoms. The van der Waals surface area contributed by atoms with E-state index in [-0.39, 0.29) is 18.5 Å². The van der Waals surface area contributed by atoms with Gasteiger partial charge in [-0.25, -0.2) is 0 Å². The first-order valence-corrected chi connectivity index (χ1v) is 4.45. The lowest BCUT2D eigenvalue weighted by Gasteiger charge is -2.39. The van der Waals surface area contributed by atoms with Crippen LogP contribution in [0, 0.1) is 0 Å². The van der Waals surface area contributed by atoms with Crippen molar-refractivity contribution >= 4 is 5.91 Å². The number of fused-ring (bicyclic) bond motifs is 1. The Morgan fingerprint density at radius 3 is 2.62 bits per heavy atom. The monoisotopic (exact) mass is 187 g/mol. The zero-order valence-electron chi connectivity index (χ0n) is 7.13. The first kappa shape index (κ1) is 8.93. The summed E-state index contributed by atoms with van der Waals surface area (Å²) in [5, 5.41) is 28.2. The molecule has 2 saturated heterocycles. The Kier molecular flexibility index (Phi) is 2.02. The molecule has 0 bridgehead atoms. The van der Waals surface area contributed by atoms with Gasteiger partial charge in [0.25, 0.3) is 0 Å². The highest BCUT2D eigenvalue weighted by molar-refractivity contribution is 5.79. The molecule has 0 radical (unpaired) electrons. The largest absolute Gasteiger partial charge is 0.388 e. The fourth-order valence-electron chi connectivity index (χ4n) is 2.11. The van der Waals surface area contributed by atoms with Crippen molar-refractivity contribution in [2.75, 3.05) is 6.54 Å². The van der Waals surface area contributed by atoms with E-state index < -0.39 is 18.3 Å². The number of piperidine rings is 1. The standard InChI is InChI=1S/C8H13NO4/c10-5-3-9-4(1-2-6(9)11)7(12)8(5)13/h4-5,7-8,10,12-13H,1-3H2/t4-,5+,7+,8+/m1/s1. The van der Waals surface area contributed by atoms with Gasteiger partial charge >= 0.3 is 0 Å². The molecule has 2 aliphatic rings. The Labute approximate surface area is 75.6 Å². The molecular formula is C8H13NO4. The summed E-state index contributed by atoms with van der Waals surface area (Å²) in [6.45, 7) is 0.141. The van der Waals surface area contributed by atoms with E-state index in [1.807, 2.05) is 0 Å². The second-order valence-electron chi connectivity index (χ2n) is 3.70. The Morgan fingerprint density at radius 1 is 1.23 bits per heavy atom. The maximum atomic E-state index is 11.2. The normalized spacial score (nSPS) is 45.2. The van der Waals surface area contributed by atoms with Crippen LogP contribution >= 0.6 is 0 Å². The molecule has 4 atom stereocenters. The fourth-order valence-corrected chi connectivity index (χ4v) is 2.11. The van der Waals surface area contributed by atoms with Gasteiger partial charge in [-0.15, -0.1) is 0 Å². The smallest absolute Gasteiger partial charge is 0.223 e. The summed E-state index contributed by atoms with van der Waals surface area (Å²) in [4.78, 5) is 12.7. The average molecular weight is 187 g/mol. The molecule has 5 heteroatoms. The number of amides is 1. The highest BCUT2D eigenvalue weighted by atomic mass is 16.4. The molecule has 2 rings (SSSR count). The van der Waals surface area contributed by atoms with Gasteiger partial charge in [0.1, 0.15) is 18.3 Å². The summed E-state index contributed by atoms with van der Waals surface area (Å²) in [5.41, 5.74) is 0. The highest BCUT2D eigenvalue weighted by Gasteiger charge is 2.46. The molecule has 2 heterocycles. The number of aliphatic hydroxyl groups excluding tert-OH is 3. The van der Waals surface area contributed by atoms with E-state index in [0.717, 1.165) is 0 Å². The van der Waals surface area contributed by atoms with Crippen LogP contribution in [-0.4, -0.2) is 57.0 Å². The Morgan fingerprint density at radius 2 is 1.92 bits per heavy atom. The molecule has 3 N–H and O–H groups in total. The van der Waals surface area contributed by atoms with Gasteiger partial charge in [-0.3, -0.25) is 4.79 Å². The topological polar surface area (TPSA) is 81.0 Å². The number of carbonyl (C=O) groups is 1. The van der Waals surface area contributed by atoms with Gasteiger partial charge in [0.15, 0.2) is 0 Å². The van der Waals surface area contributed by atoms with E-state index >= 15 is 0 Å². The van der Waals surface area contributed by atoms with E-state index in [1.54, 1.807) is 0 Å². The summed E-state index contributed by atoms with van der Waals surface area (Å²) in [6.07, 6.45) is -2.17. The first-order chi connectivity index (χ1) is 6.11.